The Morgan fingerprint density at radius 1 is 1.47 bits per heavy atom. The zero-order chi connectivity index (χ0) is 12.3. The number of rotatable bonds is 3. The van der Waals surface area contributed by atoms with E-state index in [1.807, 2.05) is 18.2 Å². The molecular weight excluding hydrogens is 218 g/mol. The first kappa shape index (κ1) is 11.6. The van der Waals surface area contributed by atoms with E-state index in [4.69, 9.17) is 4.74 Å². The predicted molar refractivity (Wildman–Crippen MR) is 64.2 cm³/mol. The van der Waals surface area contributed by atoms with Crippen molar-refractivity contribution in [2.24, 2.45) is 5.92 Å². The summed E-state index contributed by atoms with van der Waals surface area (Å²) in [5.41, 5.74) is 1.56. The van der Waals surface area contributed by atoms with E-state index >= 15 is 0 Å². The largest absolute Gasteiger partial charge is 0.469 e. The topological polar surface area (TPSA) is 46.6 Å². The fourth-order valence-electron chi connectivity index (χ4n) is 2.21. The average molecular weight is 233 g/mol. The van der Waals surface area contributed by atoms with Crippen LogP contribution in [0.25, 0.3) is 0 Å². The number of carbonyl (C=O) groups is 2. The Kier molecular flexibility index (Phi) is 3.42. The first-order valence-electron chi connectivity index (χ1n) is 5.63. The lowest BCUT2D eigenvalue weighted by Gasteiger charge is -2.19. The number of benzene rings is 1. The summed E-state index contributed by atoms with van der Waals surface area (Å²) < 4.78 is 4.74. The molecule has 1 unspecified atom stereocenters. The number of anilines is 1. The van der Waals surface area contributed by atoms with E-state index in [2.05, 4.69) is 4.90 Å². The molecule has 1 atom stereocenters. The van der Waals surface area contributed by atoms with Crippen LogP contribution in [-0.4, -0.2) is 32.5 Å². The summed E-state index contributed by atoms with van der Waals surface area (Å²) >= 11 is 0. The molecule has 1 fully saturated rings. The summed E-state index contributed by atoms with van der Waals surface area (Å²) in [4.78, 5) is 24.4. The summed E-state index contributed by atoms with van der Waals surface area (Å²) in [5.74, 6) is -0.254. The lowest BCUT2D eigenvalue weighted by atomic mass is 10.1. The molecule has 0 aromatic heterocycles. The molecule has 0 amide bonds. The molecule has 0 N–H and O–H groups in total. The van der Waals surface area contributed by atoms with Crippen LogP contribution in [0.1, 0.15) is 16.8 Å². The molecule has 90 valence electrons. The Labute approximate surface area is 100 Å². The molecule has 0 radical (unpaired) electrons. The summed E-state index contributed by atoms with van der Waals surface area (Å²) in [6.07, 6.45) is 1.63. The van der Waals surface area contributed by atoms with Crippen LogP contribution < -0.4 is 4.90 Å². The fraction of sp³-hybridized carbons (Fsp3) is 0.385. The number of esters is 1. The van der Waals surface area contributed by atoms with Gasteiger partial charge in [0.05, 0.1) is 13.0 Å². The van der Waals surface area contributed by atoms with Crippen molar-refractivity contribution >= 4 is 17.9 Å². The molecule has 1 heterocycles. The molecule has 2 rings (SSSR count). The van der Waals surface area contributed by atoms with Crippen LogP contribution in [0.15, 0.2) is 24.3 Å². The van der Waals surface area contributed by atoms with Crippen LogP contribution in [0.2, 0.25) is 0 Å². The number of hydrogen-bond acceptors (Lipinski definition) is 4. The van der Waals surface area contributed by atoms with Crippen LogP contribution in [-0.2, 0) is 9.53 Å². The molecule has 0 aliphatic carbocycles. The maximum atomic E-state index is 11.4. The molecule has 1 aromatic carbocycles. The van der Waals surface area contributed by atoms with Gasteiger partial charge < -0.3 is 9.64 Å². The number of carbonyl (C=O) groups excluding carboxylic acids is 2. The lowest BCUT2D eigenvalue weighted by molar-refractivity contribution is -0.144. The monoisotopic (exact) mass is 233 g/mol. The Bertz CT molecular complexity index is 430. The zero-order valence-electron chi connectivity index (χ0n) is 9.76. The quantitative estimate of drug-likeness (QED) is 0.586. The Morgan fingerprint density at radius 2 is 2.24 bits per heavy atom. The van der Waals surface area contributed by atoms with Gasteiger partial charge in [0, 0.05) is 24.3 Å². The van der Waals surface area contributed by atoms with Crippen molar-refractivity contribution in [2.45, 2.75) is 6.42 Å². The predicted octanol–water partition coefficient (Wildman–Crippen LogP) is 1.50. The van der Waals surface area contributed by atoms with Crippen molar-refractivity contribution in [3.05, 3.63) is 29.8 Å². The minimum Gasteiger partial charge on any atom is -0.469 e. The molecule has 1 aliphatic rings. The van der Waals surface area contributed by atoms with Gasteiger partial charge in [-0.25, -0.2) is 0 Å². The highest BCUT2D eigenvalue weighted by Gasteiger charge is 2.29. The first-order chi connectivity index (χ1) is 8.26. The third-order valence-electron chi connectivity index (χ3n) is 3.13. The molecule has 0 bridgehead atoms. The maximum Gasteiger partial charge on any atom is 0.310 e. The second kappa shape index (κ2) is 4.99. The van der Waals surface area contributed by atoms with E-state index in [1.165, 1.54) is 7.11 Å². The van der Waals surface area contributed by atoms with Crippen molar-refractivity contribution in [3.8, 4) is 0 Å². The summed E-state index contributed by atoms with van der Waals surface area (Å²) in [7, 11) is 1.41. The Balaban J connectivity index is 2.15. The SMILES string of the molecule is COC(=O)C1CCN(c2ccccc2C=O)C1. The van der Waals surface area contributed by atoms with Crippen molar-refractivity contribution in [1.29, 1.82) is 0 Å². The van der Waals surface area contributed by atoms with Crippen molar-refractivity contribution in [3.63, 3.8) is 0 Å². The van der Waals surface area contributed by atoms with Gasteiger partial charge in [-0.15, -0.1) is 0 Å². The highest BCUT2D eigenvalue weighted by molar-refractivity contribution is 5.85. The molecule has 17 heavy (non-hydrogen) atoms. The second-order valence-electron chi connectivity index (χ2n) is 4.13. The van der Waals surface area contributed by atoms with Crippen LogP contribution in [0, 0.1) is 5.92 Å². The molecule has 4 heteroatoms. The van der Waals surface area contributed by atoms with E-state index in [1.54, 1.807) is 6.07 Å². The standard InChI is InChI=1S/C13H15NO3/c1-17-13(16)10-6-7-14(8-10)12-5-3-2-4-11(12)9-15/h2-5,9-10H,6-8H2,1H3. The third kappa shape index (κ3) is 2.30. The van der Waals surface area contributed by atoms with Crippen LogP contribution in [0.4, 0.5) is 5.69 Å². The smallest absolute Gasteiger partial charge is 0.310 e. The first-order valence-corrected chi connectivity index (χ1v) is 5.63. The van der Waals surface area contributed by atoms with E-state index in [-0.39, 0.29) is 11.9 Å². The maximum absolute atomic E-state index is 11.4. The highest BCUT2D eigenvalue weighted by atomic mass is 16.5. The Hall–Kier alpha value is -1.84. The van der Waals surface area contributed by atoms with Gasteiger partial charge >= 0.3 is 5.97 Å². The van der Waals surface area contributed by atoms with Gasteiger partial charge in [0.2, 0.25) is 0 Å². The van der Waals surface area contributed by atoms with Gasteiger partial charge in [0.1, 0.15) is 0 Å². The third-order valence-corrected chi connectivity index (χ3v) is 3.13. The van der Waals surface area contributed by atoms with E-state index < -0.39 is 0 Å². The number of hydrogen-bond donors (Lipinski definition) is 0. The minimum absolute atomic E-state index is 0.0836. The highest BCUT2D eigenvalue weighted by Crippen LogP contribution is 2.26. The number of para-hydroxylation sites is 1. The van der Waals surface area contributed by atoms with E-state index in [0.29, 0.717) is 12.1 Å². The molecule has 4 nitrogen and oxygen atoms in total. The van der Waals surface area contributed by atoms with Gasteiger partial charge in [-0.3, -0.25) is 9.59 Å². The minimum atomic E-state index is -0.170. The lowest BCUT2D eigenvalue weighted by Crippen LogP contribution is -2.24. The number of nitrogens with zero attached hydrogens (tertiary/aromatic N) is 1. The average Bonchev–Trinajstić information content (AvgIpc) is 2.87. The molecular formula is C13H15NO3. The molecule has 1 aromatic rings. The molecule has 0 saturated carbocycles. The summed E-state index contributed by atoms with van der Waals surface area (Å²) in [6.45, 7) is 1.40. The zero-order valence-corrected chi connectivity index (χ0v) is 9.76. The summed E-state index contributed by atoms with van der Waals surface area (Å²) in [5, 5.41) is 0. The molecule has 1 aliphatic heterocycles. The van der Waals surface area contributed by atoms with Crippen molar-refractivity contribution < 1.29 is 14.3 Å². The van der Waals surface area contributed by atoms with Crippen molar-refractivity contribution in [2.75, 3.05) is 25.1 Å². The van der Waals surface area contributed by atoms with Gasteiger partial charge in [-0.05, 0) is 18.6 Å². The molecule has 1 saturated heterocycles. The number of methoxy groups -OCH3 is 1. The van der Waals surface area contributed by atoms with Gasteiger partial charge in [-0.1, -0.05) is 12.1 Å². The van der Waals surface area contributed by atoms with Crippen molar-refractivity contribution in [1.82, 2.24) is 0 Å². The Morgan fingerprint density at radius 3 is 2.94 bits per heavy atom. The molecule has 0 spiro atoms. The van der Waals surface area contributed by atoms with E-state index in [9.17, 15) is 9.59 Å². The number of ether oxygens (including phenoxy) is 1. The van der Waals surface area contributed by atoms with Gasteiger partial charge in [0.15, 0.2) is 6.29 Å². The van der Waals surface area contributed by atoms with Gasteiger partial charge in [-0.2, -0.15) is 0 Å². The van der Waals surface area contributed by atoms with Crippen LogP contribution in [0.5, 0.6) is 0 Å². The number of aldehydes is 1. The van der Waals surface area contributed by atoms with E-state index in [0.717, 1.165) is 24.9 Å². The van der Waals surface area contributed by atoms with Gasteiger partial charge in [0.25, 0.3) is 0 Å². The second-order valence-corrected chi connectivity index (χ2v) is 4.13. The summed E-state index contributed by atoms with van der Waals surface area (Å²) in [6, 6.07) is 7.42. The normalized spacial score (nSPS) is 19.1. The fourth-order valence-corrected chi connectivity index (χ4v) is 2.21. The van der Waals surface area contributed by atoms with Crippen LogP contribution >= 0.6 is 0 Å². The van der Waals surface area contributed by atoms with Crippen LogP contribution in [0.3, 0.4) is 0 Å².